The van der Waals surface area contributed by atoms with Crippen LogP contribution in [0.15, 0.2) is 59.0 Å². The zero-order valence-corrected chi connectivity index (χ0v) is 16.2. The highest BCUT2D eigenvalue weighted by Gasteiger charge is 2.27. The molecule has 0 unspecified atom stereocenters. The largest absolute Gasteiger partial charge is 0.449 e. The van der Waals surface area contributed by atoms with Crippen molar-refractivity contribution in [1.29, 1.82) is 0 Å². The number of hydrogen-bond donors (Lipinski definition) is 0. The number of methoxy groups -OCH3 is 1. The van der Waals surface area contributed by atoms with Crippen LogP contribution in [0.25, 0.3) is 11.0 Å². The zero-order valence-electron chi connectivity index (χ0n) is 16.2. The van der Waals surface area contributed by atoms with Gasteiger partial charge >= 0.3 is 5.97 Å². The van der Waals surface area contributed by atoms with Gasteiger partial charge in [0.2, 0.25) is 5.76 Å². The van der Waals surface area contributed by atoms with E-state index >= 15 is 0 Å². The van der Waals surface area contributed by atoms with Crippen LogP contribution in [0.2, 0.25) is 0 Å². The van der Waals surface area contributed by atoms with Crippen LogP contribution in [0, 0.1) is 0 Å². The van der Waals surface area contributed by atoms with Gasteiger partial charge in [-0.05, 0) is 18.6 Å². The number of rotatable bonds is 7. The molecule has 1 aromatic heterocycles. The zero-order chi connectivity index (χ0) is 20.1. The van der Waals surface area contributed by atoms with Crippen molar-refractivity contribution in [3.05, 3.63) is 71.5 Å². The number of likely N-dealkylation sites (N-methyl/N-ethyl adjacent to an activating group) is 1. The summed E-state index contributed by atoms with van der Waals surface area (Å²) < 4.78 is 16.3. The molecular weight excluding hydrogens is 358 g/mol. The van der Waals surface area contributed by atoms with Crippen molar-refractivity contribution in [1.82, 2.24) is 4.90 Å². The predicted octanol–water partition coefficient (Wildman–Crippen LogP) is 3.78. The number of fused-ring (bicyclic) bond motifs is 1. The lowest BCUT2D eigenvalue weighted by Crippen LogP contribution is -2.37. The Hall–Kier alpha value is -3.12. The fourth-order valence-electron chi connectivity index (χ4n) is 3.06. The van der Waals surface area contributed by atoms with Gasteiger partial charge in [0.25, 0.3) is 5.91 Å². The van der Waals surface area contributed by atoms with E-state index in [4.69, 9.17) is 13.9 Å². The molecule has 0 saturated heterocycles. The molecule has 3 rings (SSSR count). The minimum absolute atomic E-state index is 0.0633. The standard InChI is InChI=1S/C22H23NO5/c1-15(21(24)23(2)13-16-9-5-4-6-10-16)27-22(25)20-18(14-26-3)17-11-7-8-12-19(17)28-20/h4-12,15H,13-14H2,1-3H3/t15-/m1/s1. The second-order valence-electron chi connectivity index (χ2n) is 6.57. The summed E-state index contributed by atoms with van der Waals surface area (Å²) >= 11 is 0. The third kappa shape index (κ3) is 4.23. The first-order valence-electron chi connectivity index (χ1n) is 9.00. The van der Waals surface area contributed by atoms with Crippen LogP contribution in [-0.4, -0.2) is 37.0 Å². The molecule has 0 N–H and O–H groups in total. The highest BCUT2D eigenvalue weighted by molar-refractivity contribution is 5.97. The SMILES string of the molecule is COCc1c(C(=O)O[C@H](C)C(=O)N(C)Cc2ccccc2)oc2ccccc12. The van der Waals surface area contributed by atoms with Gasteiger partial charge in [-0.25, -0.2) is 4.79 Å². The molecule has 0 saturated carbocycles. The van der Waals surface area contributed by atoms with Crippen molar-refractivity contribution in [2.24, 2.45) is 0 Å². The third-order valence-corrected chi connectivity index (χ3v) is 4.44. The Kier molecular flexibility index (Phi) is 6.11. The molecule has 0 aliphatic carbocycles. The molecule has 0 aliphatic heterocycles. The Bertz CT molecular complexity index is 963. The average molecular weight is 381 g/mol. The molecular formula is C22H23NO5. The quantitative estimate of drug-likeness (QED) is 0.583. The van der Waals surface area contributed by atoms with Crippen LogP contribution in [0.1, 0.15) is 28.6 Å². The summed E-state index contributed by atoms with van der Waals surface area (Å²) in [5.41, 5.74) is 2.18. The number of amides is 1. The van der Waals surface area contributed by atoms with Gasteiger partial charge in [0, 0.05) is 31.7 Å². The minimum Gasteiger partial charge on any atom is -0.449 e. The smallest absolute Gasteiger partial charge is 0.375 e. The molecule has 0 spiro atoms. The van der Waals surface area contributed by atoms with E-state index in [1.54, 1.807) is 27.1 Å². The Labute approximate surface area is 163 Å². The number of benzene rings is 2. The molecule has 146 valence electrons. The first-order valence-corrected chi connectivity index (χ1v) is 9.00. The molecule has 6 nitrogen and oxygen atoms in total. The average Bonchev–Trinajstić information content (AvgIpc) is 3.07. The maximum atomic E-state index is 12.7. The number of furan rings is 1. The van der Waals surface area contributed by atoms with Gasteiger partial charge in [-0.15, -0.1) is 0 Å². The first-order chi connectivity index (χ1) is 13.5. The minimum atomic E-state index is -0.940. The fraction of sp³-hybridized carbons (Fsp3) is 0.273. The van der Waals surface area contributed by atoms with Gasteiger partial charge in [-0.2, -0.15) is 0 Å². The van der Waals surface area contributed by atoms with E-state index in [1.165, 1.54) is 4.90 Å². The molecule has 3 aromatic rings. The number of para-hydroxylation sites is 1. The summed E-state index contributed by atoms with van der Waals surface area (Å²) in [4.78, 5) is 26.8. The maximum absolute atomic E-state index is 12.7. The van der Waals surface area contributed by atoms with E-state index in [0.29, 0.717) is 17.7 Å². The monoisotopic (exact) mass is 381 g/mol. The molecule has 0 bridgehead atoms. The topological polar surface area (TPSA) is 69.0 Å². The van der Waals surface area contributed by atoms with Gasteiger partial charge < -0.3 is 18.8 Å². The van der Waals surface area contributed by atoms with Crippen LogP contribution < -0.4 is 0 Å². The summed E-state index contributed by atoms with van der Waals surface area (Å²) in [6, 6.07) is 16.9. The first kappa shape index (κ1) is 19.6. The van der Waals surface area contributed by atoms with Crippen molar-refractivity contribution in [2.45, 2.75) is 26.2 Å². The molecule has 6 heteroatoms. The number of hydrogen-bond acceptors (Lipinski definition) is 5. The van der Waals surface area contributed by atoms with E-state index < -0.39 is 12.1 Å². The van der Waals surface area contributed by atoms with Crippen molar-refractivity contribution in [3.63, 3.8) is 0 Å². The van der Waals surface area contributed by atoms with E-state index in [1.807, 2.05) is 48.5 Å². The van der Waals surface area contributed by atoms with Crippen molar-refractivity contribution in [3.8, 4) is 0 Å². The number of nitrogens with zero attached hydrogens (tertiary/aromatic N) is 1. The van der Waals surface area contributed by atoms with Gasteiger partial charge in [0.1, 0.15) is 5.58 Å². The summed E-state index contributed by atoms with van der Waals surface area (Å²) in [7, 11) is 3.22. The summed E-state index contributed by atoms with van der Waals surface area (Å²) in [6.07, 6.45) is -0.940. The second kappa shape index (κ2) is 8.71. The molecule has 1 atom stereocenters. The lowest BCUT2D eigenvalue weighted by atomic mass is 10.1. The Morgan fingerprint density at radius 2 is 1.75 bits per heavy atom. The van der Waals surface area contributed by atoms with Crippen LogP contribution in [-0.2, 0) is 27.4 Å². The Morgan fingerprint density at radius 1 is 1.07 bits per heavy atom. The van der Waals surface area contributed by atoms with E-state index in [2.05, 4.69) is 0 Å². The van der Waals surface area contributed by atoms with Gasteiger partial charge in [0.05, 0.1) is 6.61 Å². The van der Waals surface area contributed by atoms with Crippen LogP contribution in [0.3, 0.4) is 0 Å². The summed E-state index contributed by atoms with van der Waals surface area (Å²) in [5.74, 6) is -0.910. The number of carbonyl (C=O) groups is 2. The van der Waals surface area contributed by atoms with Gasteiger partial charge in [0.15, 0.2) is 6.10 Å². The van der Waals surface area contributed by atoms with E-state index in [9.17, 15) is 9.59 Å². The number of esters is 1. The van der Waals surface area contributed by atoms with Gasteiger partial charge in [-0.1, -0.05) is 48.5 Å². The summed E-state index contributed by atoms with van der Waals surface area (Å²) in [6.45, 7) is 2.19. The predicted molar refractivity (Wildman–Crippen MR) is 105 cm³/mol. The molecule has 2 aromatic carbocycles. The molecule has 0 radical (unpaired) electrons. The maximum Gasteiger partial charge on any atom is 0.375 e. The van der Waals surface area contributed by atoms with Crippen LogP contribution in [0.4, 0.5) is 0 Å². The van der Waals surface area contributed by atoms with Crippen molar-refractivity contribution in [2.75, 3.05) is 14.2 Å². The third-order valence-electron chi connectivity index (χ3n) is 4.44. The fourth-order valence-corrected chi connectivity index (χ4v) is 3.06. The molecule has 1 amide bonds. The van der Waals surface area contributed by atoms with E-state index in [-0.39, 0.29) is 18.3 Å². The molecule has 0 aliphatic rings. The number of ether oxygens (including phenoxy) is 2. The normalized spacial score (nSPS) is 12.0. The van der Waals surface area contributed by atoms with Crippen LogP contribution in [0.5, 0.6) is 0 Å². The molecule has 28 heavy (non-hydrogen) atoms. The Balaban J connectivity index is 1.72. The van der Waals surface area contributed by atoms with Crippen molar-refractivity contribution < 1.29 is 23.5 Å². The van der Waals surface area contributed by atoms with E-state index in [0.717, 1.165) is 10.9 Å². The Morgan fingerprint density at radius 3 is 2.46 bits per heavy atom. The highest BCUT2D eigenvalue weighted by Crippen LogP contribution is 2.27. The molecule has 1 heterocycles. The van der Waals surface area contributed by atoms with Gasteiger partial charge in [-0.3, -0.25) is 4.79 Å². The van der Waals surface area contributed by atoms with Crippen molar-refractivity contribution >= 4 is 22.8 Å². The number of carbonyl (C=O) groups excluding carboxylic acids is 2. The van der Waals surface area contributed by atoms with Crippen LogP contribution >= 0.6 is 0 Å². The summed E-state index contributed by atoms with van der Waals surface area (Å²) in [5, 5.41) is 0.788. The molecule has 0 fully saturated rings. The second-order valence-corrected chi connectivity index (χ2v) is 6.57. The lowest BCUT2D eigenvalue weighted by molar-refractivity contribution is -0.139. The highest BCUT2D eigenvalue weighted by atomic mass is 16.6. The lowest BCUT2D eigenvalue weighted by Gasteiger charge is -2.21.